The normalized spacial score (nSPS) is 22.9. The number of amides is 3. The Morgan fingerprint density at radius 3 is 2.65 bits per heavy atom. The summed E-state index contributed by atoms with van der Waals surface area (Å²) in [5.74, 6) is -0.842. The maximum absolute atomic E-state index is 12.2. The number of nitrogens with zero attached hydrogens (tertiary/aromatic N) is 2. The Morgan fingerprint density at radius 1 is 1.35 bits per heavy atom. The van der Waals surface area contributed by atoms with E-state index in [9.17, 15) is 23.1 Å². The van der Waals surface area contributed by atoms with Crippen LogP contribution in [0.15, 0.2) is 24.3 Å². The number of nitrogens with one attached hydrogen (secondary N) is 1. The molecule has 0 saturated carbocycles. The molecule has 0 aromatic heterocycles. The zero-order chi connectivity index (χ0) is 16.1. The van der Waals surface area contributed by atoms with Crippen molar-refractivity contribution in [2.75, 3.05) is 11.9 Å². The molecule has 2 aliphatic heterocycles. The zero-order valence-corrected chi connectivity index (χ0v) is 15.0. The van der Waals surface area contributed by atoms with Crippen molar-refractivity contribution in [3.05, 3.63) is 24.3 Å². The van der Waals surface area contributed by atoms with Gasteiger partial charge in [0.15, 0.2) is 0 Å². The zero-order valence-electron chi connectivity index (χ0n) is 12.2. The number of carbonyl (C=O) groups excluding carboxylic acids is 2. The first-order valence-electron chi connectivity index (χ1n) is 6.46. The minimum absolute atomic E-state index is 0. The Kier molecular flexibility index (Phi) is 4.92. The molecule has 3 N–H and O–H groups in total. The van der Waals surface area contributed by atoms with E-state index in [2.05, 4.69) is 5.32 Å². The molecular formula is C12H13N3NaO6S. The Labute approximate surface area is 154 Å². The summed E-state index contributed by atoms with van der Waals surface area (Å²) >= 11 is 0. The smallest absolute Gasteiger partial charge is 0.362 e. The molecule has 3 rings (SSSR count). The molecule has 2 fully saturated rings. The minimum Gasteiger partial charge on any atom is -0.508 e. The van der Waals surface area contributed by atoms with Crippen molar-refractivity contribution in [1.29, 1.82) is 0 Å². The van der Waals surface area contributed by atoms with Gasteiger partial charge in [-0.2, -0.15) is 8.42 Å². The summed E-state index contributed by atoms with van der Waals surface area (Å²) in [5, 5.41) is 11.9. The van der Waals surface area contributed by atoms with Crippen LogP contribution in [0.5, 0.6) is 5.75 Å². The van der Waals surface area contributed by atoms with Crippen molar-refractivity contribution in [1.82, 2.24) is 9.21 Å². The van der Waals surface area contributed by atoms with E-state index in [-0.39, 0.29) is 48.3 Å². The summed E-state index contributed by atoms with van der Waals surface area (Å²) in [6.45, 7) is 0.192. The molecule has 9 nitrogen and oxygen atoms in total. The van der Waals surface area contributed by atoms with E-state index in [4.69, 9.17) is 4.55 Å². The topological polar surface area (TPSA) is 127 Å². The van der Waals surface area contributed by atoms with Crippen LogP contribution in [0.4, 0.5) is 10.5 Å². The van der Waals surface area contributed by atoms with Gasteiger partial charge in [-0.1, -0.05) is 6.07 Å². The third-order valence-corrected chi connectivity index (χ3v) is 4.69. The second kappa shape index (κ2) is 6.29. The molecular weight excluding hydrogens is 337 g/mol. The third-order valence-electron chi connectivity index (χ3n) is 3.74. The molecule has 23 heavy (non-hydrogen) atoms. The van der Waals surface area contributed by atoms with Crippen molar-refractivity contribution < 1.29 is 27.7 Å². The van der Waals surface area contributed by atoms with Gasteiger partial charge in [0, 0.05) is 47.9 Å². The number of aromatic hydroxyl groups is 1. The van der Waals surface area contributed by atoms with Crippen molar-refractivity contribution in [3.8, 4) is 5.75 Å². The van der Waals surface area contributed by atoms with Crippen LogP contribution in [0.3, 0.4) is 0 Å². The van der Waals surface area contributed by atoms with Crippen LogP contribution < -0.4 is 5.32 Å². The molecule has 1 aromatic rings. The summed E-state index contributed by atoms with van der Waals surface area (Å²) in [6.07, 6.45) is 0.268. The number of rotatable bonds is 2. The van der Waals surface area contributed by atoms with Gasteiger partial charge in [0.1, 0.15) is 11.8 Å². The number of benzene rings is 1. The molecule has 0 unspecified atom stereocenters. The fourth-order valence-electron chi connectivity index (χ4n) is 2.82. The van der Waals surface area contributed by atoms with Gasteiger partial charge in [-0.15, -0.1) is 0 Å². The fourth-order valence-corrected chi connectivity index (χ4v) is 3.72. The number of phenolic OH excluding ortho intramolecular Hbond substituents is 1. The first kappa shape index (κ1) is 18.0. The number of fused-ring (bicyclic) bond motifs is 1. The van der Waals surface area contributed by atoms with Crippen molar-refractivity contribution >= 4 is 57.5 Å². The first-order valence-corrected chi connectivity index (χ1v) is 7.86. The van der Waals surface area contributed by atoms with Crippen LogP contribution in [0.25, 0.3) is 0 Å². The van der Waals surface area contributed by atoms with E-state index >= 15 is 0 Å². The predicted octanol–water partition coefficient (Wildman–Crippen LogP) is -0.369. The van der Waals surface area contributed by atoms with Crippen molar-refractivity contribution in [2.45, 2.75) is 18.5 Å². The van der Waals surface area contributed by atoms with Crippen LogP contribution in [0.1, 0.15) is 6.42 Å². The summed E-state index contributed by atoms with van der Waals surface area (Å²) < 4.78 is 31.5. The van der Waals surface area contributed by atoms with Crippen LogP contribution in [-0.4, -0.2) is 87.4 Å². The Balaban J connectivity index is 0.00000192. The molecule has 2 heterocycles. The summed E-state index contributed by atoms with van der Waals surface area (Å²) in [4.78, 5) is 25.2. The minimum atomic E-state index is -4.59. The molecule has 3 amide bonds. The Hall–Kier alpha value is -1.33. The average Bonchev–Trinajstić information content (AvgIpc) is 2.75. The second-order valence-corrected chi connectivity index (χ2v) is 6.38. The number of hydrogen-bond donors (Lipinski definition) is 3. The van der Waals surface area contributed by atoms with Gasteiger partial charge in [-0.25, -0.2) is 9.10 Å². The maximum atomic E-state index is 12.2. The molecule has 0 bridgehead atoms. The maximum Gasteiger partial charge on any atom is 0.362 e. The molecule has 11 heteroatoms. The van der Waals surface area contributed by atoms with Crippen molar-refractivity contribution in [3.63, 3.8) is 0 Å². The molecule has 2 atom stereocenters. The summed E-state index contributed by atoms with van der Waals surface area (Å²) in [7, 11) is -4.59. The van der Waals surface area contributed by atoms with Gasteiger partial charge in [-0.05, 0) is 18.6 Å². The largest absolute Gasteiger partial charge is 0.508 e. The van der Waals surface area contributed by atoms with Gasteiger partial charge in [0.25, 0.3) is 5.91 Å². The van der Waals surface area contributed by atoms with E-state index in [0.717, 1.165) is 0 Å². The van der Waals surface area contributed by atoms with Gasteiger partial charge >= 0.3 is 16.3 Å². The summed E-state index contributed by atoms with van der Waals surface area (Å²) in [5.41, 5.74) is 0.354. The molecule has 2 saturated heterocycles. The molecule has 2 aliphatic rings. The second-order valence-electron chi connectivity index (χ2n) is 5.09. The van der Waals surface area contributed by atoms with Gasteiger partial charge in [0.2, 0.25) is 0 Å². The fraction of sp³-hybridized carbons (Fsp3) is 0.333. The first-order chi connectivity index (χ1) is 10.3. The number of likely N-dealkylation sites (tertiary alicyclic amines) is 1. The number of phenols is 1. The van der Waals surface area contributed by atoms with E-state index < -0.39 is 34.3 Å². The van der Waals surface area contributed by atoms with E-state index in [1.165, 1.54) is 17.0 Å². The molecule has 1 radical (unpaired) electrons. The van der Waals surface area contributed by atoms with Crippen LogP contribution in [0, 0.1) is 0 Å². The van der Waals surface area contributed by atoms with Crippen LogP contribution >= 0.6 is 0 Å². The van der Waals surface area contributed by atoms with E-state index in [1.54, 1.807) is 12.1 Å². The predicted molar refractivity (Wildman–Crippen MR) is 80.2 cm³/mol. The third kappa shape index (κ3) is 3.17. The molecule has 0 aliphatic carbocycles. The van der Waals surface area contributed by atoms with Gasteiger partial charge in [-0.3, -0.25) is 9.35 Å². The monoisotopic (exact) mass is 350 g/mol. The number of carbonyl (C=O) groups is 2. The van der Waals surface area contributed by atoms with Crippen LogP contribution in [-0.2, 0) is 15.1 Å². The quantitative estimate of drug-likeness (QED) is 0.379. The average molecular weight is 350 g/mol. The number of anilines is 1. The summed E-state index contributed by atoms with van der Waals surface area (Å²) in [6, 6.07) is 3.72. The number of urea groups is 1. The standard InChI is InChI=1S/C12H13N3O6S.Na/c16-8-3-1-2-7(6-8)13-12(18)14-5-4-9-10(14)11(17)15(9)22(19,20)21;/h1-3,6,9-10,16H,4-5H2,(H,13,18)(H,19,20,21);/t9-,10+;/m1./s1. The number of β-lactam (4-membered cyclic amide) rings is 1. The SMILES string of the molecule is O=C(Nc1cccc(O)c1)N1CC[C@@H]2[C@H]1C(=O)N2S(=O)(=O)O.[Na]. The molecule has 0 spiro atoms. The Morgan fingerprint density at radius 2 is 2.04 bits per heavy atom. The number of hydrogen-bond acceptors (Lipinski definition) is 5. The van der Waals surface area contributed by atoms with Gasteiger partial charge < -0.3 is 15.3 Å². The van der Waals surface area contributed by atoms with Gasteiger partial charge in [0.05, 0.1) is 6.04 Å². The molecule has 1 aromatic carbocycles. The van der Waals surface area contributed by atoms with Crippen molar-refractivity contribution in [2.24, 2.45) is 0 Å². The van der Waals surface area contributed by atoms with E-state index in [0.29, 0.717) is 9.99 Å². The van der Waals surface area contributed by atoms with Crippen LogP contribution in [0.2, 0.25) is 0 Å². The Bertz CT molecular complexity index is 755. The van der Waals surface area contributed by atoms with E-state index in [1.807, 2.05) is 0 Å². The molecule has 119 valence electrons.